The summed E-state index contributed by atoms with van der Waals surface area (Å²) < 4.78 is 0. The lowest BCUT2D eigenvalue weighted by molar-refractivity contribution is -0.144. The molecule has 3 amide bonds. The van der Waals surface area contributed by atoms with E-state index in [4.69, 9.17) is 5.73 Å². The highest BCUT2D eigenvalue weighted by molar-refractivity contribution is 7.98. The molecule has 0 radical (unpaired) electrons. The Morgan fingerprint density at radius 2 is 1.43 bits per heavy atom. The van der Waals surface area contributed by atoms with Crippen LogP contribution in [0.25, 0.3) is 0 Å². The molecule has 0 saturated carbocycles. The van der Waals surface area contributed by atoms with Crippen LogP contribution >= 0.6 is 11.8 Å². The van der Waals surface area contributed by atoms with Crippen molar-refractivity contribution in [3.05, 3.63) is 29.8 Å². The van der Waals surface area contributed by atoms with Crippen molar-refractivity contribution < 1.29 is 29.4 Å². The first-order valence-electron chi connectivity index (χ1n) is 12.6. The van der Waals surface area contributed by atoms with Crippen molar-refractivity contribution in [1.82, 2.24) is 16.0 Å². The molecule has 0 aliphatic carbocycles. The molecule has 6 unspecified atom stereocenters. The van der Waals surface area contributed by atoms with Crippen molar-refractivity contribution in [3.63, 3.8) is 0 Å². The van der Waals surface area contributed by atoms with E-state index in [1.54, 1.807) is 19.1 Å². The summed E-state index contributed by atoms with van der Waals surface area (Å²) in [5, 5.41) is 27.0. The number of nitrogens with one attached hydrogen (secondary N) is 3. The summed E-state index contributed by atoms with van der Waals surface area (Å²) in [6.45, 7) is 7.28. The van der Waals surface area contributed by atoms with Crippen LogP contribution < -0.4 is 21.7 Å². The van der Waals surface area contributed by atoms with E-state index in [-0.39, 0.29) is 24.0 Å². The summed E-state index contributed by atoms with van der Waals surface area (Å²) in [5.74, 6) is -2.62. The second kappa shape index (κ2) is 16.1. The Hall–Kier alpha value is -2.79. The van der Waals surface area contributed by atoms with E-state index < -0.39 is 47.9 Å². The molecule has 1 aromatic carbocycles. The van der Waals surface area contributed by atoms with Crippen molar-refractivity contribution >= 4 is 35.5 Å². The fourth-order valence-electron chi connectivity index (χ4n) is 3.64. The second-order valence-electron chi connectivity index (χ2n) is 9.40. The number of thioether (sulfide) groups is 1. The molecular weight excluding hydrogens is 496 g/mol. The van der Waals surface area contributed by atoms with Crippen molar-refractivity contribution in [2.45, 2.75) is 77.5 Å². The van der Waals surface area contributed by atoms with Gasteiger partial charge in [0.2, 0.25) is 17.7 Å². The number of carbonyl (C=O) groups excluding carboxylic acids is 3. The first kappa shape index (κ1) is 32.2. The minimum Gasteiger partial charge on any atom is -0.508 e. The van der Waals surface area contributed by atoms with Gasteiger partial charge in [0, 0.05) is 0 Å². The third-order valence-corrected chi connectivity index (χ3v) is 7.19. The maximum Gasteiger partial charge on any atom is 0.326 e. The minimum atomic E-state index is -1.13. The molecule has 0 heterocycles. The van der Waals surface area contributed by atoms with E-state index >= 15 is 0 Å². The molecule has 10 nitrogen and oxygen atoms in total. The average molecular weight is 539 g/mol. The Labute approximate surface area is 223 Å². The molecule has 208 valence electrons. The minimum absolute atomic E-state index is 0.106. The van der Waals surface area contributed by atoms with Crippen molar-refractivity contribution in [2.24, 2.45) is 17.6 Å². The van der Waals surface area contributed by atoms with Crippen LogP contribution in [0.15, 0.2) is 24.3 Å². The highest BCUT2D eigenvalue weighted by atomic mass is 32.2. The monoisotopic (exact) mass is 538 g/mol. The van der Waals surface area contributed by atoms with Crippen LogP contribution in [0.2, 0.25) is 0 Å². The number of hydrogen-bond acceptors (Lipinski definition) is 7. The quantitative estimate of drug-likeness (QED) is 0.184. The Kier molecular flexibility index (Phi) is 14.1. The third kappa shape index (κ3) is 10.6. The summed E-state index contributed by atoms with van der Waals surface area (Å²) in [4.78, 5) is 50.8. The Bertz CT molecular complexity index is 898. The molecule has 0 aromatic heterocycles. The first-order chi connectivity index (χ1) is 17.4. The SMILES string of the molecule is CCC(C)C(NC(=O)C(CCSC)NC(=O)C(NC(=O)C(N)Cc1ccc(O)cc1)C(C)CC)C(=O)O. The molecule has 11 heteroatoms. The maximum atomic E-state index is 13.3. The number of phenolic OH excluding ortho intramolecular Hbond substituents is 1. The van der Waals surface area contributed by atoms with Crippen molar-refractivity contribution in [3.8, 4) is 5.75 Å². The molecule has 1 rings (SSSR count). The zero-order chi connectivity index (χ0) is 28.1. The van der Waals surface area contributed by atoms with Crippen LogP contribution in [0.5, 0.6) is 5.75 Å². The van der Waals surface area contributed by atoms with E-state index in [0.717, 1.165) is 5.56 Å². The Morgan fingerprint density at radius 1 is 0.892 bits per heavy atom. The first-order valence-corrected chi connectivity index (χ1v) is 14.0. The summed E-state index contributed by atoms with van der Waals surface area (Å²) in [5.41, 5.74) is 6.85. The van der Waals surface area contributed by atoms with Crippen LogP contribution in [0.1, 0.15) is 52.5 Å². The van der Waals surface area contributed by atoms with Gasteiger partial charge in [0.05, 0.1) is 6.04 Å². The van der Waals surface area contributed by atoms with Gasteiger partial charge in [0.1, 0.15) is 23.9 Å². The second-order valence-corrected chi connectivity index (χ2v) is 10.4. The van der Waals surface area contributed by atoms with Gasteiger partial charge in [-0.25, -0.2) is 4.79 Å². The molecule has 0 bridgehead atoms. The largest absolute Gasteiger partial charge is 0.508 e. The number of hydrogen-bond donors (Lipinski definition) is 6. The summed E-state index contributed by atoms with van der Waals surface area (Å²) in [6, 6.07) is 2.45. The van der Waals surface area contributed by atoms with Crippen LogP contribution in [-0.2, 0) is 25.6 Å². The van der Waals surface area contributed by atoms with Gasteiger partial charge in [-0.1, -0.05) is 52.7 Å². The average Bonchev–Trinajstić information content (AvgIpc) is 2.87. The standard InChI is InChI=1S/C26H42N4O6S/c1-6-15(3)21(29-23(32)19(27)14-17-8-10-18(31)11-9-17)25(34)28-20(12-13-37-5)24(33)30-22(26(35)36)16(4)7-2/h8-11,15-16,19-22,31H,6-7,12-14,27H2,1-5H3,(H,28,34)(H,29,32)(H,30,33)(H,35,36). The molecule has 37 heavy (non-hydrogen) atoms. The number of rotatable bonds is 16. The van der Waals surface area contributed by atoms with Crippen molar-refractivity contribution in [1.29, 1.82) is 0 Å². The number of nitrogens with two attached hydrogens (primary N) is 1. The normalized spacial score (nSPS) is 15.9. The molecule has 7 N–H and O–H groups in total. The molecule has 0 aliphatic heterocycles. The molecule has 6 atom stereocenters. The number of aliphatic carboxylic acids is 1. The van der Waals surface area contributed by atoms with E-state index in [1.165, 1.54) is 23.9 Å². The van der Waals surface area contributed by atoms with E-state index in [0.29, 0.717) is 25.0 Å². The van der Waals surface area contributed by atoms with Gasteiger partial charge in [-0.15, -0.1) is 0 Å². The Morgan fingerprint density at radius 3 is 1.95 bits per heavy atom. The smallest absolute Gasteiger partial charge is 0.326 e. The van der Waals surface area contributed by atoms with E-state index in [1.807, 2.05) is 27.0 Å². The van der Waals surface area contributed by atoms with Gasteiger partial charge in [-0.3, -0.25) is 14.4 Å². The lowest BCUT2D eigenvalue weighted by Crippen LogP contribution is -2.59. The number of aromatic hydroxyl groups is 1. The number of amides is 3. The zero-order valence-corrected chi connectivity index (χ0v) is 23.1. The predicted octanol–water partition coefficient (Wildman–Crippen LogP) is 1.65. The van der Waals surface area contributed by atoms with Gasteiger partial charge in [-0.2, -0.15) is 11.8 Å². The highest BCUT2D eigenvalue weighted by Gasteiger charge is 2.33. The Balaban J connectivity index is 2.99. The molecular formula is C26H42N4O6S. The highest BCUT2D eigenvalue weighted by Crippen LogP contribution is 2.14. The summed E-state index contributed by atoms with van der Waals surface area (Å²) in [6.07, 6.45) is 3.53. The van der Waals surface area contributed by atoms with Crippen LogP contribution in [0, 0.1) is 11.8 Å². The fraction of sp³-hybridized carbons (Fsp3) is 0.615. The molecule has 0 fully saturated rings. The van der Waals surface area contributed by atoms with E-state index in [9.17, 15) is 29.4 Å². The van der Waals surface area contributed by atoms with Gasteiger partial charge in [0.25, 0.3) is 0 Å². The van der Waals surface area contributed by atoms with Crippen LogP contribution in [0.3, 0.4) is 0 Å². The zero-order valence-electron chi connectivity index (χ0n) is 22.3. The maximum absolute atomic E-state index is 13.3. The third-order valence-electron chi connectivity index (χ3n) is 6.54. The summed E-state index contributed by atoms with van der Waals surface area (Å²) in [7, 11) is 0. The topological polar surface area (TPSA) is 171 Å². The van der Waals surface area contributed by atoms with Gasteiger partial charge in [-0.05, 0) is 54.4 Å². The van der Waals surface area contributed by atoms with Crippen molar-refractivity contribution in [2.75, 3.05) is 12.0 Å². The summed E-state index contributed by atoms with van der Waals surface area (Å²) >= 11 is 1.50. The molecule has 1 aromatic rings. The predicted molar refractivity (Wildman–Crippen MR) is 145 cm³/mol. The number of phenols is 1. The molecule has 0 saturated heterocycles. The van der Waals surface area contributed by atoms with Gasteiger partial charge < -0.3 is 31.9 Å². The lowest BCUT2D eigenvalue weighted by Gasteiger charge is -2.28. The number of carboxylic acids is 1. The molecule has 0 spiro atoms. The number of carbonyl (C=O) groups is 4. The fourth-order valence-corrected chi connectivity index (χ4v) is 4.12. The number of carboxylic acid groups (broad SMARTS) is 1. The number of benzene rings is 1. The molecule has 0 aliphatic rings. The van der Waals surface area contributed by atoms with Crippen LogP contribution in [-0.4, -0.2) is 70.1 Å². The van der Waals surface area contributed by atoms with Crippen LogP contribution in [0.4, 0.5) is 0 Å². The van der Waals surface area contributed by atoms with E-state index in [2.05, 4.69) is 16.0 Å². The lowest BCUT2D eigenvalue weighted by atomic mass is 9.96. The van der Waals surface area contributed by atoms with Gasteiger partial charge in [0.15, 0.2) is 0 Å². The van der Waals surface area contributed by atoms with Gasteiger partial charge >= 0.3 is 5.97 Å².